The fourth-order valence-corrected chi connectivity index (χ4v) is 2.57. The molecule has 2 unspecified atom stereocenters. The van der Waals surface area contributed by atoms with Crippen molar-refractivity contribution in [1.82, 2.24) is 4.98 Å². The number of pyridine rings is 1. The minimum absolute atomic E-state index is 0.115. The Balaban J connectivity index is 1.91. The predicted octanol–water partition coefficient (Wildman–Crippen LogP) is 1.01. The minimum Gasteiger partial charge on any atom is -0.371 e. The van der Waals surface area contributed by atoms with Gasteiger partial charge >= 0.3 is 0 Å². The number of morpholine rings is 1. The van der Waals surface area contributed by atoms with Gasteiger partial charge in [-0.2, -0.15) is 0 Å². The monoisotopic (exact) mass is 256 g/mol. The molecule has 3 heterocycles. The molecule has 0 spiro atoms. The van der Waals surface area contributed by atoms with E-state index in [1.807, 2.05) is 0 Å². The number of aromatic nitrogens is 1. The molecule has 2 saturated heterocycles. The summed E-state index contributed by atoms with van der Waals surface area (Å²) in [6.07, 6.45) is 2.19. The average molecular weight is 256 g/mol. The SMILES string of the molecule is NNc1nc(N2CC3CCC(C2)O3)c(F)cc1F. The summed E-state index contributed by atoms with van der Waals surface area (Å²) in [5.74, 6) is 3.66. The summed E-state index contributed by atoms with van der Waals surface area (Å²) >= 11 is 0. The first kappa shape index (κ1) is 11.6. The summed E-state index contributed by atoms with van der Waals surface area (Å²) in [6, 6.07) is 0.800. The van der Waals surface area contributed by atoms with E-state index in [9.17, 15) is 8.78 Å². The molecule has 18 heavy (non-hydrogen) atoms. The largest absolute Gasteiger partial charge is 0.371 e. The summed E-state index contributed by atoms with van der Waals surface area (Å²) in [5, 5.41) is 0. The standard InChI is InChI=1S/C11H14F2N4O/c12-8-3-9(13)11(15-10(8)16-14)17-4-6-1-2-7(5-17)18-6/h3,6-7H,1-2,4-5,14H2,(H,15,16). The Morgan fingerprint density at radius 2 is 1.94 bits per heavy atom. The van der Waals surface area contributed by atoms with Gasteiger partial charge < -0.3 is 15.1 Å². The molecule has 7 heteroatoms. The van der Waals surface area contributed by atoms with Crippen LogP contribution in [0.3, 0.4) is 0 Å². The molecule has 2 atom stereocenters. The maximum atomic E-state index is 13.8. The Kier molecular flexibility index (Phi) is 2.79. The van der Waals surface area contributed by atoms with Crippen LogP contribution in [0.2, 0.25) is 0 Å². The van der Waals surface area contributed by atoms with Gasteiger partial charge in [-0.15, -0.1) is 0 Å². The molecule has 2 aliphatic heterocycles. The number of fused-ring (bicyclic) bond motifs is 2. The molecule has 0 saturated carbocycles. The van der Waals surface area contributed by atoms with Crippen molar-refractivity contribution < 1.29 is 13.5 Å². The molecule has 2 bridgehead atoms. The first-order valence-electron chi connectivity index (χ1n) is 5.90. The molecule has 0 radical (unpaired) electrons. The van der Waals surface area contributed by atoms with E-state index in [1.54, 1.807) is 4.90 Å². The van der Waals surface area contributed by atoms with Crippen molar-refractivity contribution in [3.05, 3.63) is 17.7 Å². The van der Waals surface area contributed by atoms with E-state index in [2.05, 4.69) is 10.4 Å². The first-order chi connectivity index (χ1) is 8.67. The van der Waals surface area contributed by atoms with Crippen LogP contribution in [0.4, 0.5) is 20.4 Å². The number of ether oxygens (including phenoxy) is 1. The van der Waals surface area contributed by atoms with E-state index in [0.29, 0.717) is 13.1 Å². The van der Waals surface area contributed by atoms with Crippen molar-refractivity contribution in [2.24, 2.45) is 5.84 Å². The van der Waals surface area contributed by atoms with Crippen molar-refractivity contribution in [1.29, 1.82) is 0 Å². The molecule has 1 aromatic rings. The topological polar surface area (TPSA) is 63.4 Å². The van der Waals surface area contributed by atoms with Crippen LogP contribution in [0.5, 0.6) is 0 Å². The van der Waals surface area contributed by atoms with Gasteiger partial charge in [0.2, 0.25) is 0 Å². The molecule has 0 aromatic carbocycles. The van der Waals surface area contributed by atoms with E-state index in [1.165, 1.54) is 0 Å². The zero-order valence-electron chi connectivity index (χ0n) is 9.70. The summed E-state index contributed by atoms with van der Waals surface area (Å²) in [4.78, 5) is 5.69. The highest BCUT2D eigenvalue weighted by Crippen LogP contribution is 2.31. The first-order valence-corrected chi connectivity index (χ1v) is 5.90. The van der Waals surface area contributed by atoms with Crippen molar-refractivity contribution in [3.8, 4) is 0 Å². The normalized spacial score (nSPS) is 26.5. The number of hydrogen-bond donors (Lipinski definition) is 2. The molecule has 3 rings (SSSR count). The quantitative estimate of drug-likeness (QED) is 0.611. The molecular formula is C11H14F2N4O. The highest BCUT2D eigenvalue weighted by molar-refractivity contribution is 5.49. The third-order valence-electron chi connectivity index (χ3n) is 3.39. The fraction of sp³-hybridized carbons (Fsp3) is 0.545. The number of hydrogen-bond acceptors (Lipinski definition) is 5. The van der Waals surface area contributed by atoms with Crippen LogP contribution in [-0.4, -0.2) is 30.3 Å². The maximum Gasteiger partial charge on any atom is 0.178 e. The van der Waals surface area contributed by atoms with Gasteiger partial charge in [0.15, 0.2) is 23.3 Å². The van der Waals surface area contributed by atoms with Crippen molar-refractivity contribution >= 4 is 11.6 Å². The van der Waals surface area contributed by atoms with Crippen LogP contribution < -0.4 is 16.2 Å². The lowest BCUT2D eigenvalue weighted by molar-refractivity contribution is 0.0300. The van der Waals surface area contributed by atoms with E-state index >= 15 is 0 Å². The van der Waals surface area contributed by atoms with Gasteiger partial charge in [-0.25, -0.2) is 19.6 Å². The molecule has 0 amide bonds. The number of halogens is 2. The second kappa shape index (κ2) is 4.33. The van der Waals surface area contributed by atoms with Gasteiger partial charge in [0.25, 0.3) is 0 Å². The van der Waals surface area contributed by atoms with E-state index in [4.69, 9.17) is 10.6 Å². The number of nitrogens with two attached hydrogens (primary N) is 1. The molecule has 0 aliphatic carbocycles. The highest BCUT2D eigenvalue weighted by atomic mass is 19.1. The Hall–Kier alpha value is -1.47. The van der Waals surface area contributed by atoms with Gasteiger partial charge in [0.1, 0.15) is 0 Å². The molecule has 1 aromatic heterocycles. The Labute approximate surface area is 103 Å². The van der Waals surface area contributed by atoms with Crippen LogP contribution >= 0.6 is 0 Å². The summed E-state index contributed by atoms with van der Waals surface area (Å²) in [5.41, 5.74) is 2.13. The molecule has 2 fully saturated rings. The zero-order chi connectivity index (χ0) is 12.7. The second-order valence-electron chi connectivity index (χ2n) is 4.63. The molecular weight excluding hydrogens is 242 g/mol. The number of hydrazine groups is 1. The van der Waals surface area contributed by atoms with Crippen LogP contribution in [0.1, 0.15) is 12.8 Å². The Morgan fingerprint density at radius 1 is 1.28 bits per heavy atom. The van der Waals surface area contributed by atoms with Gasteiger partial charge in [0.05, 0.1) is 12.2 Å². The Bertz CT molecular complexity index is 459. The second-order valence-corrected chi connectivity index (χ2v) is 4.63. The van der Waals surface area contributed by atoms with Crippen LogP contribution in [-0.2, 0) is 4.74 Å². The lowest BCUT2D eigenvalue weighted by atomic mass is 10.2. The molecule has 5 nitrogen and oxygen atoms in total. The third kappa shape index (κ3) is 1.89. The van der Waals surface area contributed by atoms with E-state index in [-0.39, 0.29) is 23.8 Å². The van der Waals surface area contributed by atoms with Gasteiger partial charge in [-0.05, 0) is 12.8 Å². The number of nitrogens with one attached hydrogen (secondary N) is 1. The fourth-order valence-electron chi connectivity index (χ4n) is 2.57. The summed E-state index contributed by atoms with van der Waals surface area (Å²) in [6.45, 7) is 1.16. The number of anilines is 2. The Morgan fingerprint density at radius 3 is 2.56 bits per heavy atom. The maximum absolute atomic E-state index is 13.8. The number of nitrogen functional groups attached to an aromatic ring is 1. The van der Waals surface area contributed by atoms with Crippen LogP contribution in [0.15, 0.2) is 6.07 Å². The predicted molar refractivity (Wildman–Crippen MR) is 62.1 cm³/mol. The molecule has 98 valence electrons. The van der Waals surface area contributed by atoms with Crippen LogP contribution in [0.25, 0.3) is 0 Å². The third-order valence-corrected chi connectivity index (χ3v) is 3.39. The highest BCUT2D eigenvalue weighted by Gasteiger charge is 2.35. The number of rotatable bonds is 2. The zero-order valence-corrected chi connectivity index (χ0v) is 9.70. The van der Waals surface area contributed by atoms with Gasteiger partial charge in [0, 0.05) is 19.2 Å². The van der Waals surface area contributed by atoms with E-state index < -0.39 is 11.6 Å². The molecule has 2 aliphatic rings. The number of nitrogens with zero attached hydrogens (tertiary/aromatic N) is 2. The van der Waals surface area contributed by atoms with Gasteiger partial charge in [-0.1, -0.05) is 0 Å². The van der Waals surface area contributed by atoms with Crippen molar-refractivity contribution in [3.63, 3.8) is 0 Å². The summed E-state index contributed by atoms with van der Waals surface area (Å²) < 4.78 is 32.7. The van der Waals surface area contributed by atoms with Crippen molar-refractivity contribution in [2.45, 2.75) is 25.0 Å². The average Bonchev–Trinajstić information content (AvgIpc) is 2.68. The summed E-state index contributed by atoms with van der Waals surface area (Å²) in [7, 11) is 0. The van der Waals surface area contributed by atoms with Gasteiger partial charge in [-0.3, -0.25) is 0 Å². The van der Waals surface area contributed by atoms with Crippen LogP contribution in [0, 0.1) is 11.6 Å². The van der Waals surface area contributed by atoms with E-state index in [0.717, 1.165) is 18.9 Å². The minimum atomic E-state index is -0.796. The lowest BCUT2D eigenvalue weighted by Crippen LogP contribution is -2.43. The lowest BCUT2D eigenvalue weighted by Gasteiger charge is -2.33. The smallest absolute Gasteiger partial charge is 0.178 e. The van der Waals surface area contributed by atoms with Crippen molar-refractivity contribution in [2.75, 3.05) is 23.4 Å². The molecule has 3 N–H and O–H groups in total.